The van der Waals surface area contributed by atoms with Gasteiger partial charge in [-0.25, -0.2) is 9.46 Å². The van der Waals surface area contributed by atoms with Crippen molar-refractivity contribution < 1.29 is 28.0 Å². The van der Waals surface area contributed by atoms with E-state index in [0.717, 1.165) is 50.9 Å². The minimum absolute atomic E-state index is 0.0600. The second-order valence-electron chi connectivity index (χ2n) is 16.1. The van der Waals surface area contributed by atoms with Gasteiger partial charge < -0.3 is 38.2 Å². The van der Waals surface area contributed by atoms with Gasteiger partial charge in [-0.05, 0) is 101 Å². The number of nitrogens with zero attached hydrogens (tertiary/aromatic N) is 5. The van der Waals surface area contributed by atoms with Crippen molar-refractivity contribution in [1.29, 1.82) is 5.26 Å². The zero-order valence-electron chi connectivity index (χ0n) is 37.9. The Morgan fingerprint density at radius 1 is 0.906 bits per heavy atom. The lowest BCUT2D eigenvalue weighted by atomic mass is 9.80. The van der Waals surface area contributed by atoms with Crippen LogP contribution in [0.2, 0.25) is 0 Å². The van der Waals surface area contributed by atoms with E-state index >= 15 is 0 Å². The summed E-state index contributed by atoms with van der Waals surface area (Å²) in [6.45, 7) is 14.7. The highest BCUT2D eigenvalue weighted by molar-refractivity contribution is 7.99. The summed E-state index contributed by atoms with van der Waals surface area (Å²) in [5, 5.41) is 12.9. The Hall–Kier alpha value is -4.97. The van der Waals surface area contributed by atoms with E-state index < -0.39 is 38.3 Å². The number of nitrogens with one attached hydrogen (secondary N) is 1. The normalized spacial score (nSPS) is 17.4. The molecule has 1 N–H and O–H groups in total. The minimum atomic E-state index is -1.68. The maximum atomic E-state index is 14.1. The van der Waals surface area contributed by atoms with Gasteiger partial charge in [0.2, 0.25) is 0 Å². The van der Waals surface area contributed by atoms with E-state index in [1.54, 1.807) is 30.5 Å². The lowest BCUT2D eigenvalue weighted by Gasteiger charge is -2.39. The number of hydrogen-bond acceptors (Lipinski definition) is 13. The van der Waals surface area contributed by atoms with Crippen molar-refractivity contribution in [3.8, 4) is 17.6 Å². The monoisotopic (exact) mass is 906 g/mol. The number of nitriles is 1. The van der Waals surface area contributed by atoms with Gasteiger partial charge in [0.05, 0.1) is 56.6 Å². The van der Waals surface area contributed by atoms with E-state index in [4.69, 9.17) is 28.0 Å². The number of benzene rings is 4. The van der Waals surface area contributed by atoms with E-state index in [1.165, 1.54) is 0 Å². The van der Waals surface area contributed by atoms with Crippen molar-refractivity contribution in [2.24, 2.45) is 0 Å². The summed E-state index contributed by atoms with van der Waals surface area (Å²) in [5.74, 6) is 1.93. The molecular formula is C49H59N6O7PS. The van der Waals surface area contributed by atoms with Crippen molar-refractivity contribution in [3.63, 3.8) is 0 Å². The third-order valence-corrected chi connectivity index (χ3v) is 14.7. The maximum absolute atomic E-state index is 14.1. The highest BCUT2D eigenvalue weighted by Gasteiger charge is 2.45. The molecule has 0 radical (unpaired) electrons. The van der Waals surface area contributed by atoms with Crippen molar-refractivity contribution in [2.45, 2.75) is 100 Å². The second kappa shape index (κ2) is 21.3. The molecule has 0 amide bonds. The van der Waals surface area contributed by atoms with Crippen LogP contribution < -0.4 is 25.4 Å². The van der Waals surface area contributed by atoms with E-state index in [-0.39, 0.29) is 31.7 Å². The van der Waals surface area contributed by atoms with Crippen LogP contribution in [0.15, 0.2) is 118 Å². The Morgan fingerprint density at radius 3 is 2.11 bits per heavy atom. The van der Waals surface area contributed by atoms with Crippen LogP contribution in [0.4, 0.5) is 17.2 Å². The summed E-state index contributed by atoms with van der Waals surface area (Å²) in [6, 6.07) is 34.5. The van der Waals surface area contributed by atoms with E-state index in [9.17, 15) is 10.1 Å². The largest absolute Gasteiger partial charge is 0.497 e. The first-order valence-electron chi connectivity index (χ1n) is 21.9. The first-order chi connectivity index (χ1) is 31.0. The molecule has 5 aromatic rings. The van der Waals surface area contributed by atoms with Gasteiger partial charge in [0, 0.05) is 48.4 Å². The van der Waals surface area contributed by atoms with Gasteiger partial charge in [0.15, 0.2) is 5.82 Å². The second-order valence-corrected chi connectivity index (χ2v) is 18.6. The van der Waals surface area contributed by atoms with Gasteiger partial charge in [-0.1, -0.05) is 66.4 Å². The predicted octanol–water partition coefficient (Wildman–Crippen LogP) is 10.3. The van der Waals surface area contributed by atoms with Crippen LogP contribution in [0, 0.1) is 11.3 Å². The van der Waals surface area contributed by atoms with E-state index in [1.807, 2.05) is 72.9 Å². The fourth-order valence-electron chi connectivity index (χ4n) is 8.38. The molecule has 0 spiro atoms. The standard InChI is InChI=1S/C49H59N6O7PS/c1-9-53(10-2)38-21-26-44-41(29-38)51-47-45(64-44)31-54(48(56)52-47)46-30-42(62-63(60-28-14-27-50)55(33(3)4)34(5)6)43(61-46)32-59-49(35-15-12-11-13-16-35,36-17-22-39(57-7)23-18-36)37-19-24-40(58-8)25-20-37/h11-13,15-26,29,31,33-34,42-43,46H,9-10,14,28,30,32H2,1-8H3,(H,51,52,56)/t42?,43-,46-,63?/m1/s1. The molecule has 4 aromatic carbocycles. The highest BCUT2D eigenvalue weighted by atomic mass is 32.2. The van der Waals surface area contributed by atoms with Crippen LogP contribution in [0.5, 0.6) is 11.5 Å². The van der Waals surface area contributed by atoms with E-state index in [2.05, 4.69) is 97.8 Å². The Balaban J connectivity index is 1.28. The van der Waals surface area contributed by atoms with Crippen LogP contribution >= 0.6 is 20.3 Å². The average Bonchev–Trinajstić information content (AvgIpc) is 3.71. The van der Waals surface area contributed by atoms with Gasteiger partial charge in [-0.2, -0.15) is 10.2 Å². The molecule has 1 fully saturated rings. The van der Waals surface area contributed by atoms with Gasteiger partial charge in [0.25, 0.3) is 8.53 Å². The molecule has 0 saturated carbocycles. The average molecular weight is 907 g/mol. The van der Waals surface area contributed by atoms with Crippen LogP contribution in [-0.2, 0) is 24.1 Å². The zero-order chi connectivity index (χ0) is 45.4. The Morgan fingerprint density at radius 2 is 1.53 bits per heavy atom. The van der Waals surface area contributed by atoms with Crippen molar-refractivity contribution >= 4 is 37.5 Å². The first kappa shape index (κ1) is 47.0. The summed E-state index contributed by atoms with van der Waals surface area (Å²) >= 11 is 1.56. The number of anilines is 3. The number of ether oxygens (including phenoxy) is 4. The molecule has 2 aliphatic rings. The molecule has 2 aliphatic heterocycles. The van der Waals surface area contributed by atoms with Gasteiger partial charge in [-0.3, -0.25) is 4.57 Å². The van der Waals surface area contributed by atoms with Gasteiger partial charge >= 0.3 is 5.69 Å². The molecule has 3 heterocycles. The summed E-state index contributed by atoms with van der Waals surface area (Å²) in [7, 11) is 1.61. The van der Waals surface area contributed by atoms with Crippen LogP contribution in [0.25, 0.3) is 0 Å². The number of methoxy groups -OCH3 is 2. The zero-order valence-corrected chi connectivity index (χ0v) is 39.6. The molecule has 4 atom stereocenters. The molecule has 0 bridgehead atoms. The topological polar surface area (TPSA) is 133 Å². The Bertz CT molecular complexity index is 2360. The number of hydrogen-bond donors (Lipinski definition) is 1. The fourth-order valence-corrected chi connectivity index (χ4v) is 11.1. The molecule has 1 saturated heterocycles. The lowest BCUT2D eigenvalue weighted by Crippen LogP contribution is -2.39. The summed E-state index contributed by atoms with van der Waals surface area (Å²) < 4.78 is 42.7. The third-order valence-electron chi connectivity index (χ3n) is 11.5. The fraction of sp³-hybridized carbons (Fsp3) is 0.408. The smallest absolute Gasteiger partial charge is 0.351 e. The van der Waals surface area contributed by atoms with Crippen LogP contribution in [0.3, 0.4) is 0 Å². The molecule has 338 valence electrons. The minimum Gasteiger partial charge on any atom is -0.497 e. The highest BCUT2D eigenvalue weighted by Crippen LogP contribution is 2.51. The van der Waals surface area contributed by atoms with Gasteiger partial charge in [-0.15, -0.1) is 0 Å². The summed E-state index contributed by atoms with van der Waals surface area (Å²) in [4.78, 5) is 22.8. The van der Waals surface area contributed by atoms with Crippen molar-refractivity contribution in [3.05, 3.63) is 130 Å². The molecule has 1 aromatic heterocycles. The van der Waals surface area contributed by atoms with Crippen molar-refractivity contribution in [1.82, 2.24) is 14.2 Å². The summed E-state index contributed by atoms with van der Waals surface area (Å²) in [6.07, 6.45) is 0.344. The molecule has 7 rings (SSSR count). The maximum Gasteiger partial charge on any atom is 0.351 e. The predicted molar refractivity (Wildman–Crippen MR) is 253 cm³/mol. The molecule has 2 unspecified atom stereocenters. The lowest BCUT2D eigenvalue weighted by molar-refractivity contribution is -0.0926. The number of rotatable bonds is 20. The quantitative estimate of drug-likeness (QED) is 0.0443. The van der Waals surface area contributed by atoms with Crippen LogP contribution in [0.1, 0.15) is 77.3 Å². The molecule has 13 nitrogen and oxygen atoms in total. The molecular weight excluding hydrogens is 848 g/mol. The molecule has 15 heteroatoms. The first-order valence-corrected chi connectivity index (χ1v) is 23.8. The third kappa shape index (κ3) is 10.1. The Kier molecular flexibility index (Phi) is 15.7. The van der Waals surface area contributed by atoms with E-state index in [0.29, 0.717) is 23.7 Å². The van der Waals surface area contributed by atoms with Gasteiger partial charge in [0.1, 0.15) is 29.4 Å². The molecule has 64 heavy (non-hydrogen) atoms. The summed E-state index contributed by atoms with van der Waals surface area (Å²) in [5.41, 5.74) is 3.07. The molecule has 0 aliphatic carbocycles. The SMILES string of the molecule is CCN(CC)c1ccc2c(c1)Nc1nc(=O)n([C@H]3CC(OP(OCCC#N)N(C(C)C)C(C)C)[C@@H](COC(c4ccccc4)(c4ccc(OC)cc4)c4ccc(OC)cc4)O3)cc1S2. The van der Waals surface area contributed by atoms with Crippen molar-refractivity contribution in [2.75, 3.05) is 50.7 Å². The number of aromatic nitrogens is 2. The number of fused-ring (bicyclic) bond motifs is 2. The van der Waals surface area contributed by atoms with Crippen LogP contribution in [-0.4, -0.2) is 79.0 Å². The Labute approximate surface area is 382 Å².